The van der Waals surface area contributed by atoms with Gasteiger partial charge >= 0.3 is 0 Å². The van der Waals surface area contributed by atoms with Crippen molar-refractivity contribution in [2.75, 3.05) is 0 Å². The molecule has 0 aliphatic rings. The third-order valence-electron chi connectivity index (χ3n) is 2.38. The Balaban J connectivity index is 2.42. The molecule has 0 spiro atoms. The molecule has 1 nitrogen and oxygen atoms in total. The van der Waals surface area contributed by atoms with Gasteiger partial charge in [0, 0.05) is 10.6 Å². The fraction of sp³-hybridized carbons (Fsp3) is 0.167. The van der Waals surface area contributed by atoms with Crippen LogP contribution in [0, 0.1) is 6.92 Å². The van der Waals surface area contributed by atoms with E-state index >= 15 is 0 Å². The van der Waals surface area contributed by atoms with Gasteiger partial charge in [-0.3, -0.25) is 0 Å². The molecule has 1 N–H and O–H groups in total. The molecule has 2 aromatic rings. The van der Waals surface area contributed by atoms with Gasteiger partial charge in [0.05, 0.1) is 0 Å². The van der Waals surface area contributed by atoms with Gasteiger partial charge in [0.15, 0.2) is 0 Å². The topological polar surface area (TPSA) is 20.2 Å². The molecule has 2 rings (SSSR count). The van der Waals surface area contributed by atoms with Crippen LogP contribution in [0.5, 0.6) is 0 Å². The first kappa shape index (κ1) is 10.7. The van der Waals surface area contributed by atoms with Crippen LogP contribution in [0.3, 0.4) is 0 Å². The van der Waals surface area contributed by atoms with Crippen molar-refractivity contribution >= 4 is 22.9 Å². The average Bonchev–Trinajstić information content (AvgIpc) is 2.74. The first-order valence-corrected chi connectivity index (χ1v) is 5.97. The van der Waals surface area contributed by atoms with Gasteiger partial charge in [-0.05, 0) is 34.9 Å². The van der Waals surface area contributed by atoms with Gasteiger partial charge in [-0.25, -0.2) is 0 Å². The summed E-state index contributed by atoms with van der Waals surface area (Å²) in [5.41, 5.74) is 2.66. The summed E-state index contributed by atoms with van der Waals surface area (Å²) >= 11 is 7.72. The molecule has 0 amide bonds. The molecule has 0 saturated heterocycles. The molecule has 1 aromatic heterocycles. The largest absolute Gasteiger partial charge is 0.384 e. The van der Waals surface area contributed by atoms with Crippen molar-refractivity contribution in [3.05, 3.63) is 56.7 Å². The summed E-state index contributed by atoms with van der Waals surface area (Å²) in [7, 11) is 0. The number of hydrogen-bond donors (Lipinski definition) is 1. The third kappa shape index (κ3) is 2.07. The molecule has 0 saturated carbocycles. The van der Waals surface area contributed by atoms with E-state index in [4.69, 9.17) is 11.6 Å². The highest BCUT2D eigenvalue weighted by atomic mass is 35.5. The highest BCUT2D eigenvalue weighted by Gasteiger charge is 2.14. The van der Waals surface area contributed by atoms with Gasteiger partial charge in [-0.15, -0.1) is 0 Å². The summed E-state index contributed by atoms with van der Waals surface area (Å²) < 4.78 is 0. The number of thiophene rings is 1. The summed E-state index contributed by atoms with van der Waals surface area (Å²) in [6, 6.07) is 7.62. The van der Waals surface area contributed by atoms with Crippen LogP contribution >= 0.6 is 22.9 Å². The van der Waals surface area contributed by atoms with Crippen LogP contribution in [0.25, 0.3) is 0 Å². The van der Waals surface area contributed by atoms with Gasteiger partial charge in [-0.1, -0.05) is 29.8 Å². The molecule has 1 unspecified atom stereocenters. The highest BCUT2D eigenvalue weighted by molar-refractivity contribution is 7.07. The zero-order chi connectivity index (χ0) is 10.8. The second kappa shape index (κ2) is 4.35. The summed E-state index contributed by atoms with van der Waals surface area (Å²) in [6.07, 6.45) is -0.622. The minimum absolute atomic E-state index is 0.622. The Hall–Kier alpha value is -0.830. The lowest BCUT2D eigenvalue weighted by atomic mass is 10.0. The Kier molecular flexibility index (Phi) is 3.10. The molecule has 1 heterocycles. The molecule has 78 valence electrons. The number of rotatable bonds is 2. The van der Waals surface area contributed by atoms with E-state index < -0.39 is 6.10 Å². The number of benzene rings is 1. The summed E-state index contributed by atoms with van der Waals surface area (Å²) in [4.78, 5) is 0. The summed E-state index contributed by atoms with van der Waals surface area (Å²) in [6.45, 7) is 1.94. The molecular weight excluding hydrogens is 228 g/mol. The zero-order valence-electron chi connectivity index (χ0n) is 8.27. The van der Waals surface area contributed by atoms with Gasteiger partial charge in [0.1, 0.15) is 6.10 Å². The van der Waals surface area contributed by atoms with E-state index in [-0.39, 0.29) is 0 Å². The van der Waals surface area contributed by atoms with Crippen molar-refractivity contribution in [2.45, 2.75) is 13.0 Å². The van der Waals surface area contributed by atoms with Gasteiger partial charge in [-0.2, -0.15) is 11.3 Å². The monoisotopic (exact) mass is 238 g/mol. The lowest BCUT2D eigenvalue weighted by Crippen LogP contribution is -1.99. The van der Waals surface area contributed by atoms with Crippen LogP contribution in [0.4, 0.5) is 0 Å². The zero-order valence-corrected chi connectivity index (χ0v) is 9.85. The smallest absolute Gasteiger partial charge is 0.106 e. The van der Waals surface area contributed by atoms with Crippen molar-refractivity contribution in [1.29, 1.82) is 0 Å². The molecule has 3 heteroatoms. The van der Waals surface area contributed by atoms with Crippen LogP contribution in [0.15, 0.2) is 35.0 Å². The molecule has 0 radical (unpaired) electrons. The normalized spacial score (nSPS) is 12.7. The standard InChI is InChI=1S/C12H11ClOS/c1-8-3-2-4-10(11(8)13)12(14)9-5-6-15-7-9/h2-7,12,14H,1H3. The average molecular weight is 239 g/mol. The predicted molar refractivity (Wildman–Crippen MR) is 64.6 cm³/mol. The Bertz CT molecular complexity index is 451. The van der Waals surface area contributed by atoms with Gasteiger partial charge in [0.25, 0.3) is 0 Å². The van der Waals surface area contributed by atoms with Crippen LogP contribution < -0.4 is 0 Å². The molecule has 15 heavy (non-hydrogen) atoms. The second-order valence-electron chi connectivity index (χ2n) is 3.44. The van der Waals surface area contributed by atoms with Crippen LogP contribution in [-0.4, -0.2) is 5.11 Å². The van der Waals surface area contributed by atoms with E-state index in [1.54, 1.807) is 11.3 Å². The Labute approximate surface area is 98.0 Å². The molecule has 1 atom stereocenters. The third-order valence-corrected chi connectivity index (χ3v) is 3.59. The van der Waals surface area contributed by atoms with E-state index in [1.165, 1.54) is 0 Å². The Morgan fingerprint density at radius 2 is 2.13 bits per heavy atom. The van der Waals surface area contributed by atoms with E-state index in [2.05, 4.69) is 0 Å². The van der Waals surface area contributed by atoms with E-state index in [1.807, 2.05) is 41.9 Å². The van der Waals surface area contributed by atoms with Crippen LogP contribution in [0.1, 0.15) is 22.8 Å². The lowest BCUT2D eigenvalue weighted by molar-refractivity contribution is 0.221. The quantitative estimate of drug-likeness (QED) is 0.844. The van der Waals surface area contributed by atoms with E-state index in [0.717, 1.165) is 16.7 Å². The first-order chi connectivity index (χ1) is 7.20. The molecular formula is C12H11ClOS. The van der Waals surface area contributed by atoms with Crippen LogP contribution in [-0.2, 0) is 0 Å². The van der Waals surface area contributed by atoms with E-state index in [9.17, 15) is 5.11 Å². The first-order valence-electron chi connectivity index (χ1n) is 4.65. The molecule has 1 aromatic carbocycles. The van der Waals surface area contributed by atoms with E-state index in [0.29, 0.717) is 5.02 Å². The second-order valence-corrected chi connectivity index (χ2v) is 4.60. The number of halogens is 1. The number of aryl methyl sites for hydroxylation is 1. The van der Waals surface area contributed by atoms with Gasteiger partial charge < -0.3 is 5.11 Å². The minimum Gasteiger partial charge on any atom is -0.384 e. The predicted octanol–water partition coefficient (Wildman–Crippen LogP) is 3.79. The van der Waals surface area contributed by atoms with Crippen molar-refractivity contribution in [2.24, 2.45) is 0 Å². The fourth-order valence-electron chi connectivity index (χ4n) is 1.49. The fourth-order valence-corrected chi connectivity index (χ4v) is 2.40. The number of aliphatic hydroxyl groups is 1. The molecule has 0 fully saturated rings. The van der Waals surface area contributed by atoms with Crippen molar-refractivity contribution in [1.82, 2.24) is 0 Å². The minimum atomic E-state index is -0.622. The number of hydrogen-bond acceptors (Lipinski definition) is 2. The van der Waals surface area contributed by atoms with Crippen molar-refractivity contribution < 1.29 is 5.11 Å². The maximum absolute atomic E-state index is 10.1. The Morgan fingerprint density at radius 3 is 2.80 bits per heavy atom. The van der Waals surface area contributed by atoms with Gasteiger partial charge in [0.2, 0.25) is 0 Å². The van der Waals surface area contributed by atoms with Crippen LogP contribution in [0.2, 0.25) is 5.02 Å². The summed E-state index contributed by atoms with van der Waals surface area (Å²) in [5.74, 6) is 0. The maximum atomic E-state index is 10.1. The molecule has 0 aliphatic carbocycles. The maximum Gasteiger partial charge on any atom is 0.106 e. The molecule has 0 aliphatic heterocycles. The molecule has 0 bridgehead atoms. The lowest BCUT2D eigenvalue weighted by Gasteiger charge is -2.12. The number of aliphatic hydroxyl groups excluding tert-OH is 1. The van der Waals surface area contributed by atoms with Crippen molar-refractivity contribution in [3.63, 3.8) is 0 Å². The highest BCUT2D eigenvalue weighted by Crippen LogP contribution is 2.31. The van der Waals surface area contributed by atoms with Crippen molar-refractivity contribution in [3.8, 4) is 0 Å². The summed E-state index contributed by atoms with van der Waals surface area (Å²) in [5, 5.41) is 14.6. The SMILES string of the molecule is Cc1cccc(C(O)c2ccsc2)c1Cl. The Morgan fingerprint density at radius 1 is 1.33 bits per heavy atom.